The van der Waals surface area contributed by atoms with Crippen molar-refractivity contribution in [3.63, 3.8) is 0 Å². The van der Waals surface area contributed by atoms with Crippen LogP contribution in [0.4, 0.5) is 11.4 Å². The number of amides is 1. The van der Waals surface area contributed by atoms with Crippen LogP contribution in [0.15, 0.2) is 54.6 Å². The molecule has 6 nitrogen and oxygen atoms in total. The Hall–Kier alpha value is -2.41. The molecule has 0 aliphatic carbocycles. The summed E-state index contributed by atoms with van der Waals surface area (Å²) in [5.41, 5.74) is 3.25. The van der Waals surface area contributed by atoms with Crippen LogP contribution in [0.5, 0.6) is 0 Å². The zero-order valence-corrected chi connectivity index (χ0v) is 18.1. The van der Waals surface area contributed by atoms with Crippen LogP contribution in [-0.4, -0.2) is 57.5 Å². The highest BCUT2D eigenvalue weighted by atomic mass is 16.6. The second kappa shape index (κ2) is 11.3. The Bertz CT molecular complexity index is 799. The fraction of sp³-hybridized carbons (Fsp3) is 0.480. The molecule has 2 aliphatic rings. The number of ether oxygens (including phenoxy) is 2. The van der Waals surface area contributed by atoms with Gasteiger partial charge < -0.3 is 25.0 Å². The number of carbonyl (C=O) groups is 1. The first-order chi connectivity index (χ1) is 15.3. The molecule has 2 N–H and O–H groups in total. The van der Waals surface area contributed by atoms with Gasteiger partial charge in [0, 0.05) is 43.5 Å². The highest BCUT2D eigenvalue weighted by molar-refractivity contribution is 5.91. The molecule has 0 bridgehead atoms. The molecule has 2 heterocycles. The van der Waals surface area contributed by atoms with E-state index < -0.39 is 0 Å². The predicted molar refractivity (Wildman–Crippen MR) is 124 cm³/mol. The van der Waals surface area contributed by atoms with Gasteiger partial charge in [-0.2, -0.15) is 0 Å². The lowest BCUT2D eigenvalue weighted by Gasteiger charge is -2.35. The van der Waals surface area contributed by atoms with E-state index in [-0.39, 0.29) is 12.0 Å². The molecule has 6 heteroatoms. The van der Waals surface area contributed by atoms with E-state index in [1.807, 2.05) is 30.3 Å². The highest BCUT2D eigenvalue weighted by Crippen LogP contribution is 2.22. The number of anilines is 2. The average Bonchev–Trinajstić information content (AvgIpc) is 2.84. The molecule has 0 aromatic heterocycles. The summed E-state index contributed by atoms with van der Waals surface area (Å²) in [4.78, 5) is 14.7. The first kappa shape index (κ1) is 21.8. The van der Waals surface area contributed by atoms with E-state index in [1.54, 1.807) is 0 Å². The van der Waals surface area contributed by atoms with E-state index >= 15 is 0 Å². The van der Waals surface area contributed by atoms with Gasteiger partial charge >= 0.3 is 0 Å². The van der Waals surface area contributed by atoms with Gasteiger partial charge in [-0.3, -0.25) is 4.79 Å². The molecular weight excluding hydrogens is 390 g/mol. The fourth-order valence-electron chi connectivity index (χ4n) is 4.18. The van der Waals surface area contributed by atoms with Crippen molar-refractivity contribution in [2.24, 2.45) is 0 Å². The highest BCUT2D eigenvalue weighted by Gasteiger charge is 2.21. The fourth-order valence-corrected chi connectivity index (χ4v) is 4.18. The quantitative estimate of drug-likeness (QED) is 0.683. The van der Waals surface area contributed by atoms with E-state index in [0.717, 1.165) is 44.6 Å². The lowest BCUT2D eigenvalue weighted by atomic mass is 10.0. The van der Waals surface area contributed by atoms with E-state index in [9.17, 15) is 4.79 Å². The summed E-state index contributed by atoms with van der Waals surface area (Å²) in [6.45, 7) is 5.04. The molecule has 1 amide bonds. The van der Waals surface area contributed by atoms with Crippen molar-refractivity contribution in [2.45, 2.75) is 37.8 Å². The van der Waals surface area contributed by atoms with Gasteiger partial charge in [0.1, 0.15) is 0 Å². The molecular formula is C25H33N3O3. The van der Waals surface area contributed by atoms with E-state index in [4.69, 9.17) is 9.47 Å². The minimum absolute atomic E-state index is 0.0517. The molecule has 2 aliphatic heterocycles. The largest absolute Gasteiger partial charge is 0.376 e. The number of hydrogen-bond donors (Lipinski definition) is 2. The van der Waals surface area contributed by atoms with Crippen molar-refractivity contribution in [3.05, 3.63) is 60.2 Å². The number of piperidine rings is 1. The molecule has 1 atom stereocenters. The second-order valence-corrected chi connectivity index (χ2v) is 8.32. The van der Waals surface area contributed by atoms with Gasteiger partial charge in [0.15, 0.2) is 0 Å². The van der Waals surface area contributed by atoms with Crippen molar-refractivity contribution in [1.29, 1.82) is 0 Å². The van der Waals surface area contributed by atoms with E-state index in [0.29, 0.717) is 32.3 Å². The molecule has 2 aromatic carbocycles. The Kier molecular flexibility index (Phi) is 7.93. The average molecular weight is 424 g/mol. The zero-order valence-electron chi connectivity index (χ0n) is 18.1. The van der Waals surface area contributed by atoms with Crippen LogP contribution in [-0.2, 0) is 20.7 Å². The number of benzene rings is 2. The van der Waals surface area contributed by atoms with Gasteiger partial charge in [0.05, 0.1) is 25.9 Å². The van der Waals surface area contributed by atoms with Crippen LogP contribution in [0.25, 0.3) is 0 Å². The molecule has 2 aromatic rings. The standard InChI is InChI=1S/C25H33N3O3/c29-25(11-6-20-4-2-1-3-5-20)27-22-7-9-23(10-8-22)28-14-12-21(13-15-28)26-18-24-19-30-16-17-31-24/h1-5,7-10,21,24,26H,6,11-19H2,(H,27,29). The molecule has 4 rings (SSSR count). The summed E-state index contributed by atoms with van der Waals surface area (Å²) >= 11 is 0. The van der Waals surface area contributed by atoms with Crippen molar-refractivity contribution < 1.29 is 14.3 Å². The minimum atomic E-state index is 0.0517. The maximum absolute atomic E-state index is 12.2. The predicted octanol–water partition coefficient (Wildman–Crippen LogP) is 3.23. The Morgan fingerprint density at radius 3 is 2.48 bits per heavy atom. The molecule has 0 spiro atoms. The maximum atomic E-state index is 12.2. The van der Waals surface area contributed by atoms with E-state index in [2.05, 4.69) is 39.8 Å². The number of aryl methyl sites for hydroxylation is 1. The smallest absolute Gasteiger partial charge is 0.224 e. The van der Waals surface area contributed by atoms with Gasteiger partial charge in [-0.1, -0.05) is 30.3 Å². The van der Waals surface area contributed by atoms with Gasteiger partial charge in [-0.15, -0.1) is 0 Å². The van der Waals surface area contributed by atoms with E-state index in [1.165, 1.54) is 11.3 Å². The number of hydrogen-bond acceptors (Lipinski definition) is 5. The van der Waals surface area contributed by atoms with Crippen LogP contribution < -0.4 is 15.5 Å². The van der Waals surface area contributed by atoms with Gasteiger partial charge in [-0.05, 0) is 49.1 Å². The number of rotatable bonds is 8. The summed E-state index contributed by atoms with van der Waals surface area (Å²) in [5, 5.41) is 6.65. The molecule has 0 radical (unpaired) electrons. The number of nitrogens with one attached hydrogen (secondary N) is 2. The first-order valence-electron chi connectivity index (χ1n) is 11.4. The van der Waals surface area contributed by atoms with Crippen molar-refractivity contribution in [2.75, 3.05) is 49.7 Å². The molecule has 2 fully saturated rings. The van der Waals surface area contributed by atoms with Crippen LogP contribution in [0, 0.1) is 0 Å². The normalized spacial score (nSPS) is 19.9. The van der Waals surface area contributed by atoms with Gasteiger partial charge in [0.2, 0.25) is 5.91 Å². The number of carbonyl (C=O) groups excluding carboxylic acids is 1. The topological polar surface area (TPSA) is 62.8 Å². The third-order valence-corrected chi connectivity index (χ3v) is 6.01. The van der Waals surface area contributed by atoms with Crippen molar-refractivity contribution in [3.8, 4) is 0 Å². The van der Waals surface area contributed by atoms with Crippen LogP contribution in [0.3, 0.4) is 0 Å². The second-order valence-electron chi connectivity index (χ2n) is 8.32. The molecule has 1 unspecified atom stereocenters. The van der Waals surface area contributed by atoms with Crippen LogP contribution in [0.2, 0.25) is 0 Å². The summed E-state index contributed by atoms with van der Waals surface area (Å²) in [7, 11) is 0. The van der Waals surface area contributed by atoms with Gasteiger partial charge in [-0.25, -0.2) is 0 Å². The Balaban J connectivity index is 1.17. The molecule has 0 saturated carbocycles. The monoisotopic (exact) mass is 423 g/mol. The van der Waals surface area contributed by atoms with Gasteiger partial charge in [0.25, 0.3) is 0 Å². The van der Waals surface area contributed by atoms with Crippen molar-refractivity contribution in [1.82, 2.24) is 5.32 Å². The first-order valence-corrected chi connectivity index (χ1v) is 11.4. The summed E-state index contributed by atoms with van der Waals surface area (Å²) in [6, 6.07) is 18.9. The number of nitrogens with zero attached hydrogens (tertiary/aromatic N) is 1. The molecule has 31 heavy (non-hydrogen) atoms. The van der Waals surface area contributed by atoms with Crippen molar-refractivity contribution >= 4 is 17.3 Å². The SMILES string of the molecule is O=C(CCc1ccccc1)Nc1ccc(N2CCC(NCC3COCCO3)CC2)cc1. The molecule has 2 saturated heterocycles. The summed E-state index contributed by atoms with van der Waals surface area (Å²) < 4.78 is 11.2. The third-order valence-electron chi connectivity index (χ3n) is 6.01. The maximum Gasteiger partial charge on any atom is 0.224 e. The summed E-state index contributed by atoms with van der Waals surface area (Å²) in [6.07, 6.45) is 3.66. The Morgan fingerprint density at radius 2 is 1.77 bits per heavy atom. The lowest BCUT2D eigenvalue weighted by molar-refractivity contribution is -0.116. The Morgan fingerprint density at radius 1 is 1.00 bits per heavy atom. The Labute approximate surface area is 184 Å². The van der Waals surface area contributed by atoms with Crippen LogP contribution in [0.1, 0.15) is 24.8 Å². The minimum Gasteiger partial charge on any atom is -0.376 e. The molecule has 166 valence electrons. The lowest BCUT2D eigenvalue weighted by Crippen LogP contribution is -2.46. The summed E-state index contributed by atoms with van der Waals surface area (Å²) in [5.74, 6) is 0.0517. The third kappa shape index (κ3) is 6.79. The zero-order chi connectivity index (χ0) is 21.3. The van der Waals surface area contributed by atoms with Crippen LogP contribution >= 0.6 is 0 Å².